The molecule has 2 rings (SSSR count). The highest BCUT2D eigenvalue weighted by atomic mass is 28.4. The normalized spacial score (nSPS) is 21.1. The smallest absolute Gasteiger partial charge is 0.197 e. The van der Waals surface area contributed by atoms with Gasteiger partial charge in [0.1, 0.15) is 5.75 Å². The van der Waals surface area contributed by atoms with Crippen molar-refractivity contribution < 1.29 is 9.90 Å². The Hall–Kier alpha value is -0.843. The van der Waals surface area contributed by atoms with Crippen LogP contribution < -0.4 is 5.73 Å². The summed E-state index contributed by atoms with van der Waals surface area (Å²) in [7, 11) is -2.23. The van der Waals surface area contributed by atoms with Gasteiger partial charge in [0, 0.05) is 5.54 Å². The van der Waals surface area contributed by atoms with E-state index in [2.05, 4.69) is 0 Å². The maximum atomic E-state index is 10.9. The van der Waals surface area contributed by atoms with E-state index in [0.29, 0.717) is 6.54 Å². The molecule has 1 aliphatic rings. The van der Waals surface area contributed by atoms with Gasteiger partial charge in [0.25, 0.3) is 0 Å². The summed E-state index contributed by atoms with van der Waals surface area (Å²) in [6.07, 6.45) is 3.51. The zero-order chi connectivity index (χ0) is 12.3. The minimum absolute atomic E-state index is 0.114. The number of hydrogen-bond acceptors (Lipinski definition) is 3. The largest absolute Gasteiger partial charge is 0.508 e. The predicted octanol–water partition coefficient (Wildman–Crippen LogP) is 2.10. The molecule has 1 saturated heterocycles. The molecule has 4 N–H and O–H groups in total. The molecular formula is C13H21NO2Si. The summed E-state index contributed by atoms with van der Waals surface area (Å²) < 4.78 is 0. The Morgan fingerprint density at radius 2 is 1.71 bits per heavy atom. The third kappa shape index (κ3) is 2.70. The first-order valence-electron chi connectivity index (χ1n) is 6.37. The zero-order valence-electron chi connectivity index (χ0n) is 10.1. The summed E-state index contributed by atoms with van der Waals surface area (Å²) in [6.45, 7) is 0.507. The summed E-state index contributed by atoms with van der Waals surface area (Å²) in [5, 5.41) is 9.30. The molecule has 1 heterocycles. The van der Waals surface area contributed by atoms with E-state index in [4.69, 9.17) is 5.73 Å². The molecule has 0 spiro atoms. The average Bonchev–Trinajstić information content (AvgIpc) is 2.33. The van der Waals surface area contributed by atoms with Crippen molar-refractivity contribution in [2.45, 2.75) is 36.9 Å². The highest BCUT2D eigenvalue weighted by Gasteiger charge is 2.41. The molecule has 0 saturated carbocycles. The third-order valence-electron chi connectivity index (χ3n) is 3.90. The van der Waals surface area contributed by atoms with Gasteiger partial charge in [-0.25, -0.2) is 0 Å². The second-order valence-corrected chi connectivity index (χ2v) is 8.95. The summed E-state index contributed by atoms with van der Waals surface area (Å²) in [5.74, 6) is 0.266. The number of rotatable bonds is 3. The van der Waals surface area contributed by atoms with Crippen LogP contribution in [0.1, 0.15) is 30.4 Å². The quantitative estimate of drug-likeness (QED) is 0.721. The number of hydrogen-bond donors (Lipinski definition) is 3. The molecule has 1 aliphatic heterocycles. The van der Waals surface area contributed by atoms with Crippen LogP contribution in [0, 0.1) is 0 Å². The standard InChI is InChI=1S/C13H21NO2Si/c14-10-13(11-4-6-12(15)7-5-11)17(16)8-2-1-3-9-17/h4-7,13,15-16H,1-3,8-10,14H2. The summed E-state index contributed by atoms with van der Waals surface area (Å²) in [4.78, 5) is 10.9. The molecule has 1 unspecified atom stereocenters. The Morgan fingerprint density at radius 1 is 1.12 bits per heavy atom. The van der Waals surface area contributed by atoms with Gasteiger partial charge in [-0.05, 0) is 36.3 Å². The van der Waals surface area contributed by atoms with Crippen molar-refractivity contribution in [3.8, 4) is 5.75 Å². The lowest BCUT2D eigenvalue weighted by Crippen LogP contribution is -2.46. The number of aromatic hydroxyl groups is 1. The molecule has 17 heavy (non-hydrogen) atoms. The average molecular weight is 251 g/mol. The van der Waals surface area contributed by atoms with E-state index in [1.165, 1.54) is 6.42 Å². The van der Waals surface area contributed by atoms with Gasteiger partial charge < -0.3 is 15.6 Å². The van der Waals surface area contributed by atoms with Crippen LogP contribution in [0.5, 0.6) is 5.75 Å². The van der Waals surface area contributed by atoms with E-state index in [9.17, 15) is 9.90 Å². The predicted molar refractivity (Wildman–Crippen MR) is 71.3 cm³/mol. The van der Waals surface area contributed by atoms with Crippen molar-refractivity contribution in [1.82, 2.24) is 0 Å². The molecule has 0 aliphatic carbocycles. The van der Waals surface area contributed by atoms with Crippen LogP contribution >= 0.6 is 0 Å². The van der Waals surface area contributed by atoms with E-state index in [1.807, 2.05) is 12.1 Å². The van der Waals surface area contributed by atoms with Gasteiger partial charge >= 0.3 is 0 Å². The van der Waals surface area contributed by atoms with Crippen LogP contribution in [0.2, 0.25) is 12.1 Å². The van der Waals surface area contributed by atoms with Crippen LogP contribution in [0.4, 0.5) is 0 Å². The highest BCUT2D eigenvalue weighted by molar-refractivity contribution is 6.74. The molecule has 94 valence electrons. The molecule has 0 bridgehead atoms. The fourth-order valence-corrected chi connectivity index (χ4v) is 6.81. The summed E-state index contributed by atoms with van der Waals surface area (Å²) >= 11 is 0. The van der Waals surface area contributed by atoms with Crippen LogP contribution in [0.15, 0.2) is 24.3 Å². The Bertz CT molecular complexity index is 360. The van der Waals surface area contributed by atoms with Crippen molar-refractivity contribution in [2.24, 2.45) is 5.73 Å². The Balaban J connectivity index is 2.22. The highest BCUT2D eigenvalue weighted by Crippen LogP contribution is 2.37. The van der Waals surface area contributed by atoms with E-state index < -0.39 is 8.32 Å². The summed E-state index contributed by atoms with van der Waals surface area (Å²) in [5.41, 5.74) is 7.07. The molecule has 0 amide bonds. The first kappa shape index (κ1) is 12.6. The van der Waals surface area contributed by atoms with E-state index >= 15 is 0 Å². The SMILES string of the molecule is NCC(c1ccc(O)cc1)[Si]1(O)CCCCC1. The number of phenolic OH excluding ortho intramolecular Hbond substituents is 1. The topological polar surface area (TPSA) is 66.5 Å². The third-order valence-corrected chi connectivity index (χ3v) is 8.20. The van der Waals surface area contributed by atoms with E-state index in [1.54, 1.807) is 12.1 Å². The maximum Gasteiger partial charge on any atom is 0.197 e. The van der Waals surface area contributed by atoms with Crippen LogP contribution in [0.25, 0.3) is 0 Å². The second kappa shape index (κ2) is 5.21. The first-order chi connectivity index (χ1) is 8.15. The molecule has 0 aromatic heterocycles. The van der Waals surface area contributed by atoms with Gasteiger partial charge in [-0.1, -0.05) is 31.4 Å². The van der Waals surface area contributed by atoms with Crippen LogP contribution in [-0.2, 0) is 0 Å². The van der Waals surface area contributed by atoms with Crippen molar-refractivity contribution in [3.63, 3.8) is 0 Å². The molecule has 1 aromatic carbocycles. The van der Waals surface area contributed by atoms with Crippen LogP contribution in [0.3, 0.4) is 0 Å². The summed E-state index contributed by atoms with van der Waals surface area (Å²) in [6, 6.07) is 9.08. The fourth-order valence-electron chi connectivity index (χ4n) is 2.88. The molecule has 1 fully saturated rings. The Morgan fingerprint density at radius 3 is 2.24 bits per heavy atom. The lowest BCUT2D eigenvalue weighted by Gasteiger charge is -2.36. The lowest BCUT2D eigenvalue weighted by atomic mass is 10.1. The van der Waals surface area contributed by atoms with E-state index in [0.717, 1.165) is 30.5 Å². The molecule has 0 radical (unpaired) electrons. The molecule has 1 atom stereocenters. The molecule has 1 aromatic rings. The van der Waals surface area contributed by atoms with Gasteiger partial charge in [0.05, 0.1) is 0 Å². The first-order valence-corrected chi connectivity index (χ1v) is 8.81. The Kier molecular flexibility index (Phi) is 3.86. The van der Waals surface area contributed by atoms with Gasteiger partial charge in [0.15, 0.2) is 8.32 Å². The minimum Gasteiger partial charge on any atom is -0.508 e. The minimum atomic E-state index is -2.23. The van der Waals surface area contributed by atoms with Crippen molar-refractivity contribution in [3.05, 3.63) is 29.8 Å². The van der Waals surface area contributed by atoms with Gasteiger partial charge in [-0.2, -0.15) is 0 Å². The van der Waals surface area contributed by atoms with Crippen molar-refractivity contribution >= 4 is 8.32 Å². The lowest BCUT2D eigenvalue weighted by molar-refractivity contribution is 0.468. The monoisotopic (exact) mass is 251 g/mol. The van der Waals surface area contributed by atoms with Gasteiger partial charge in [-0.15, -0.1) is 0 Å². The van der Waals surface area contributed by atoms with Crippen molar-refractivity contribution in [1.29, 1.82) is 0 Å². The zero-order valence-corrected chi connectivity index (χ0v) is 11.1. The van der Waals surface area contributed by atoms with Crippen LogP contribution in [-0.4, -0.2) is 24.8 Å². The maximum absolute atomic E-state index is 10.9. The number of benzene rings is 1. The number of nitrogens with two attached hydrogens (primary N) is 1. The van der Waals surface area contributed by atoms with Crippen molar-refractivity contribution in [2.75, 3.05) is 6.54 Å². The molecule has 3 nitrogen and oxygen atoms in total. The number of phenols is 1. The fraction of sp³-hybridized carbons (Fsp3) is 0.538. The van der Waals surface area contributed by atoms with Gasteiger partial charge in [0.2, 0.25) is 0 Å². The second-order valence-electron chi connectivity index (χ2n) is 5.04. The molecule has 4 heteroatoms. The van der Waals surface area contributed by atoms with Gasteiger partial charge in [-0.3, -0.25) is 0 Å². The Labute approximate surface area is 103 Å². The van der Waals surface area contributed by atoms with E-state index in [-0.39, 0.29) is 11.3 Å². The molecular weight excluding hydrogens is 230 g/mol.